The number of halogens is 1. The molecule has 0 aliphatic carbocycles. The van der Waals surface area contributed by atoms with Crippen LogP contribution in [0.2, 0.25) is 5.02 Å². The fourth-order valence-electron chi connectivity index (χ4n) is 4.03. The first kappa shape index (κ1) is 21.9. The predicted octanol–water partition coefficient (Wildman–Crippen LogP) is 3.63. The second-order valence-corrected chi connectivity index (χ2v) is 10.3. The van der Waals surface area contributed by atoms with Crippen LogP contribution >= 0.6 is 11.6 Å². The fourth-order valence-corrected chi connectivity index (χ4v) is 5.28. The van der Waals surface area contributed by atoms with Gasteiger partial charge in [0.15, 0.2) is 0 Å². The van der Waals surface area contributed by atoms with E-state index < -0.39 is 10.0 Å². The molecule has 1 amide bonds. The molecule has 1 aromatic carbocycles. The van der Waals surface area contributed by atoms with Crippen molar-refractivity contribution in [1.82, 2.24) is 13.8 Å². The second kappa shape index (κ2) is 8.50. The number of rotatable bonds is 5. The minimum Gasteiger partial charge on any atom is -0.338 e. The number of carbonyl (C=O) groups is 1. The lowest BCUT2D eigenvalue weighted by Gasteiger charge is -2.36. The van der Waals surface area contributed by atoms with Gasteiger partial charge in [-0.15, -0.1) is 0 Å². The van der Waals surface area contributed by atoms with Crippen LogP contribution in [-0.4, -0.2) is 60.0 Å². The van der Waals surface area contributed by atoms with Gasteiger partial charge in [-0.05, 0) is 57.9 Å². The molecule has 0 spiro atoms. The summed E-state index contributed by atoms with van der Waals surface area (Å²) in [6.07, 6.45) is 1.29. The number of carbonyl (C=O) groups excluding carboxylic acids is 1. The Morgan fingerprint density at radius 3 is 2.45 bits per heavy atom. The molecule has 0 bridgehead atoms. The van der Waals surface area contributed by atoms with Crippen molar-refractivity contribution < 1.29 is 13.2 Å². The first-order chi connectivity index (χ1) is 13.7. The molecule has 0 atom stereocenters. The highest BCUT2D eigenvalue weighted by molar-refractivity contribution is 7.89. The summed E-state index contributed by atoms with van der Waals surface area (Å²) in [6.45, 7) is 6.67. The Bertz CT molecular complexity index is 1010. The van der Waals surface area contributed by atoms with E-state index in [9.17, 15) is 13.2 Å². The van der Waals surface area contributed by atoms with Crippen molar-refractivity contribution in [1.29, 1.82) is 0 Å². The average molecular weight is 438 g/mol. The average Bonchev–Trinajstić information content (AvgIpc) is 3.01. The molecular formula is C21H28ClN3O3S. The molecule has 158 valence electrons. The van der Waals surface area contributed by atoms with Crippen molar-refractivity contribution in [3.8, 4) is 5.69 Å². The summed E-state index contributed by atoms with van der Waals surface area (Å²) in [5.41, 5.74) is 3.45. The van der Waals surface area contributed by atoms with Crippen molar-refractivity contribution in [2.24, 2.45) is 0 Å². The molecule has 8 heteroatoms. The Morgan fingerprint density at radius 1 is 1.21 bits per heavy atom. The van der Waals surface area contributed by atoms with Gasteiger partial charge in [-0.1, -0.05) is 17.7 Å². The molecule has 0 saturated carbocycles. The summed E-state index contributed by atoms with van der Waals surface area (Å²) in [5.74, 6) is 0.0869. The SMILES string of the molecule is CCS(=O)(=O)N(C)C1CCN(C(=O)c2cc(C)n(-c3cccc(Cl)c3)c2C)CC1. The lowest BCUT2D eigenvalue weighted by Crippen LogP contribution is -2.47. The number of aromatic nitrogens is 1. The molecule has 1 aromatic heterocycles. The van der Waals surface area contributed by atoms with Crippen LogP contribution < -0.4 is 0 Å². The predicted molar refractivity (Wildman–Crippen MR) is 116 cm³/mol. The Morgan fingerprint density at radius 2 is 1.86 bits per heavy atom. The quantitative estimate of drug-likeness (QED) is 0.717. The third-order valence-electron chi connectivity index (χ3n) is 5.80. The van der Waals surface area contributed by atoms with Crippen LogP contribution in [0.25, 0.3) is 5.69 Å². The number of sulfonamides is 1. The fraction of sp³-hybridized carbons (Fsp3) is 0.476. The van der Waals surface area contributed by atoms with E-state index in [4.69, 9.17) is 11.6 Å². The highest BCUT2D eigenvalue weighted by Gasteiger charge is 2.31. The summed E-state index contributed by atoms with van der Waals surface area (Å²) < 4.78 is 27.7. The smallest absolute Gasteiger partial charge is 0.255 e. The number of nitrogens with zero attached hydrogens (tertiary/aromatic N) is 3. The zero-order chi connectivity index (χ0) is 21.3. The molecule has 0 unspecified atom stereocenters. The third-order valence-corrected chi connectivity index (χ3v) is 7.94. The molecule has 6 nitrogen and oxygen atoms in total. The summed E-state index contributed by atoms with van der Waals surface area (Å²) in [7, 11) is -1.58. The van der Waals surface area contributed by atoms with E-state index in [0.717, 1.165) is 17.1 Å². The van der Waals surface area contributed by atoms with Crippen LogP contribution in [0.3, 0.4) is 0 Å². The Balaban J connectivity index is 1.77. The lowest BCUT2D eigenvalue weighted by atomic mass is 10.0. The molecule has 29 heavy (non-hydrogen) atoms. The largest absolute Gasteiger partial charge is 0.338 e. The van der Waals surface area contributed by atoms with Crippen molar-refractivity contribution in [3.05, 3.63) is 52.3 Å². The first-order valence-electron chi connectivity index (χ1n) is 9.85. The monoisotopic (exact) mass is 437 g/mol. The van der Waals surface area contributed by atoms with Gasteiger partial charge in [0.2, 0.25) is 10.0 Å². The topological polar surface area (TPSA) is 62.6 Å². The van der Waals surface area contributed by atoms with E-state index in [1.54, 1.807) is 14.0 Å². The minimum absolute atomic E-state index is 0.00849. The van der Waals surface area contributed by atoms with E-state index >= 15 is 0 Å². The van der Waals surface area contributed by atoms with Gasteiger partial charge in [0.1, 0.15) is 0 Å². The molecule has 1 saturated heterocycles. The van der Waals surface area contributed by atoms with E-state index in [-0.39, 0.29) is 17.7 Å². The van der Waals surface area contributed by atoms with Crippen LogP contribution in [0.4, 0.5) is 0 Å². The highest BCUT2D eigenvalue weighted by atomic mass is 35.5. The maximum Gasteiger partial charge on any atom is 0.255 e. The van der Waals surface area contributed by atoms with E-state index in [2.05, 4.69) is 0 Å². The maximum atomic E-state index is 13.2. The number of likely N-dealkylation sites (tertiary alicyclic amines) is 1. The van der Waals surface area contributed by atoms with E-state index in [0.29, 0.717) is 36.5 Å². The van der Waals surface area contributed by atoms with Crippen LogP contribution in [0.5, 0.6) is 0 Å². The van der Waals surface area contributed by atoms with Crippen LogP contribution in [0.15, 0.2) is 30.3 Å². The van der Waals surface area contributed by atoms with Gasteiger partial charge in [0, 0.05) is 48.3 Å². The van der Waals surface area contributed by atoms with Crippen LogP contribution in [0.1, 0.15) is 41.5 Å². The van der Waals surface area contributed by atoms with Crippen molar-refractivity contribution in [3.63, 3.8) is 0 Å². The number of benzene rings is 1. The van der Waals surface area contributed by atoms with Gasteiger partial charge in [-0.25, -0.2) is 12.7 Å². The van der Waals surface area contributed by atoms with Gasteiger partial charge in [-0.3, -0.25) is 4.79 Å². The van der Waals surface area contributed by atoms with Gasteiger partial charge >= 0.3 is 0 Å². The molecule has 2 heterocycles. The van der Waals surface area contributed by atoms with E-state index in [1.807, 2.05) is 53.6 Å². The minimum atomic E-state index is -3.22. The van der Waals surface area contributed by atoms with Crippen molar-refractivity contribution in [2.75, 3.05) is 25.9 Å². The van der Waals surface area contributed by atoms with Gasteiger partial charge in [0.25, 0.3) is 5.91 Å². The maximum absolute atomic E-state index is 13.2. The molecule has 0 radical (unpaired) electrons. The van der Waals surface area contributed by atoms with Gasteiger partial charge in [-0.2, -0.15) is 0 Å². The highest BCUT2D eigenvalue weighted by Crippen LogP contribution is 2.26. The molecule has 0 N–H and O–H groups in total. The van der Waals surface area contributed by atoms with Crippen LogP contribution in [-0.2, 0) is 10.0 Å². The third kappa shape index (κ3) is 4.37. The molecular weight excluding hydrogens is 410 g/mol. The molecule has 1 fully saturated rings. The number of piperidine rings is 1. The number of hydrogen-bond acceptors (Lipinski definition) is 3. The summed E-state index contributed by atoms with van der Waals surface area (Å²) in [4.78, 5) is 15.0. The Kier molecular flexibility index (Phi) is 6.41. The van der Waals surface area contributed by atoms with E-state index in [1.165, 1.54) is 4.31 Å². The van der Waals surface area contributed by atoms with Crippen molar-refractivity contribution in [2.45, 2.75) is 39.7 Å². The Hall–Kier alpha value is -1.83. The number of hydrogen-bond donors (Lipinski definition) is 0. The normalized spacial score (nSPS) is 15.9. The van der Waals surface area contributed by atoms with Crippen LogP contribution in [0, 0.1) is 13.8 Å². The summed E-state index contributed by atoms with van der Waals surface area (Å²) in [5, 5.41) is 0.649. The number of amides is 1. The first-order valence-corrected chi connectivity index (χ1v) is 11.8. The summed E-state index contributed by atoms with van der Waals surface area (Å²) in [6, 6.07) is 9.43. The lowest BCUT2D eigenvalue weighted by molar-refractivity contribution is 0.0685. The zero-order valence-corrected chi connectivity index (χ0v) is 18.9. The molecule has 2 aromatic rings. The standard InChI is InChI=1S/C21H28ClN3O3S/c1-5-29(27,28)23(4)18-9-11-24(12-10-18)21(26)20-13-15(2)25(16(20)3)19-8-6-7-17(22)14-19/h6-8,13-14,18H,5,9-12H2,1-4H3. The summed E-state index contributed by atoms with van der Waals surface area (Å²) >= 11 is 6.14. The number of aryl methyl sites for hydroxylation is 1. The Labute approximate surface area is 178 Å². The van der Waals surface area contributed by atoms with Crippen molar-refractivity contribution >= 4 is 27.5 Å². The second-order valence-electron chi connectivity index (χ2n) is 7.54. The van der Waals surface area contributed by atoms with Gasteiger partial charge < -0.3 is 9.47 Å². The molecule has 1 aliphatic heterocycles. The molecule has 3 rings (SSSR count). The van der Waals surface area contributed by atoms with Gasteiger partial charge in [0.05, 0.1) is 11.3 Å². The zero-order valence-electron chi connectivity index (χ0n) is 17.4. The molecule has 1 aliphatic rings.